The van der Waals surface area contributed by atoms with Gasteiger partial charge in [0.15, 0.2) is 0 Å². The minimum atomic E-state index is 0.0659. The van der Waals surface area contributed by atoms with Gasteiger partial charge in [0.25, 0.3) is 0 Å². The molecule has 1 aliphatic carbocycles. The fourth-order valence-electron chi connectivity index (χ4n) is 1.97. The number of hydrogen-bond donors (Lipinski definition) is 1. The molecular formula is C11H15NO. The Morgan fingerprint density at radius 1 is 1.46 bits per heavy atom. The van der Waals surface area contributed by atoms with Gasteiger partial charge in [0, 0.05) is 13.0 Å². The van der Waals surface area contributed by atoms with Gasteiger partial charge in [-0.2, -0.15) is 0 Å². The van der Waals surface area contributed by atoms with E-state index < -0.39 is 0 Å². The molecule has 13 heavy (non-hydrogen) atoms. The van der Waals surface area contributed by atoms with Gasteiger partial charge < -0.3 is 10.5 Å². The van der Waals surface area contributed by atoms with Crippen LogP contribution in [0.2, 0.25) is 0 Å². The summed E-state index contributed by atoms with van der Waals surface area (Å²) in [5.74, 6) is 0. The SMILES string of the molecule is CCO[C@H]1Cc2ccccc2[C@@H]1N. The predicted molar refractivity (Wildman–Crippen MR) is 52.5 cm³/mol. The zero-order chi connectivity index (χ0) is 9.26. The highest BCUT2D eigenvalue weighted by atomic mass is 16.5. The van der Waals surface area contributed by atoms with Crippen molar-refractivity contribution >= 4 is 0 Å². The molecule has 2 N–H and O–H groups in total. The third-order valence-corrected chi connectivity index (χ3v) is 2.62. The summed E-state index contributed by atoms with van der Waals surface area (Å²) in [5.41, 5.74) is 8.64. The van der Waals surface area contributed by atoms with Crippen LogP contribution < -0.4 is 5.73 Å². The van der Waals surface area contributed by atoms with Crippen molar-refractivity contribution in [3.63, 3.8) is 0 Å². The van der Waals surface area contributed by atoms with E-state index in [9.17, 15) is 0 Å². The Labute approximate surface area is 78.7 Å². The smallest absolute Gasteiger partial charge is 0.0807 e. The summed E-state index contributed by atoms with van der Waals surface area (Å²) in [6.45, 7) is 2.75. The van der Waals surface area contributed by atoms with Crippen molar-refractivity contribution in [3.8, 4) is 0 Å². The molecule has 2 atom stereocenters. The first-order valence-corrected chi connectivity index (χ1v) is 4.78. The Morgan fingerprint density at radius 2 is 2.23 bits per heavy atom. The Hall–Kier alpha value is -0.860. The van der Waals surface area contributed by atoms with Gasteiger partial charge in [-0.3, -0.25) is 0 Å². The third kappa shape index (κ3) is 1.47. The fourth-order valence-corrected chi connectivity index (χ4v) is 1.97. The number of benzene rings is 1. The van der Waals surface area contributed by atoms with Crippen molar-refractivity contribution in [2.45, 2.75) is 25.5 Å². The molecule has 2 heteroatoms. The molecule has 0 spiro atoms. The van der Waals surface area contributed by atoms with Crippen molar-refractivity contribution < 1.29 is 4.74 Å². The van der Waals surface area contributed by atoms with Crippen molar-refractivity contribution in [2.75, 3.05) is 6.61 Å². The number of hydrogen-bond acceptors (Lipinski definition) is 2. The summed E-state index contributed by atoms with van der Waals surface area (Å²) in [7, 11) is 0. The van der Waals surface area contributed by atoms with Crippen LogP contribution in [-0.4, -0.2) is 12.7 Å². The van der Waals surface area contributed by atoms with E-state index in [1.165, 1.54) is 11.1 Å². The molecule has 0 unspecified atom stereocenters. The lowest BCUT2D eigenvalue weighted by atomic mass is 10.1. The lowest BCUT2D eigenvalue weighted by molar-refractivity contribution is 0.0529. The van der Waals surface area contributed by atoms with Crippen LogP contribution in [0.4, 0.5) is 0 Å². The van der Waals surface area contributed by atoms with Gasteiger partial charge in [-0.15, -0.1) is 0 Å². The monoisotopic (exact) mass is 177 g/mol. The number of rotatable bonds is 2. The molecule has 0 bridgehead atoms. The largest absolute Gasteiger partial charge is 0.376 e. The quantitative estimate of drug-likeness (QED) is 0.745. The van der Waals surface area contributed by atoms with Crippen molar-refractivity contribution in [1.82, 2.24) is 0 Å². The molecule has 0 radical (unpaired) electrons. The molecule has 1 aliphatic rings. The fraction of sp³-hybridized carbons (Fsp3) is 0.455. The normalized spacial score (nSPS) is 26.0. The molecule has 1 aromatic rings. The lowest BCUT2D eigenvalue weighted by Gasteiger charge is -2.15. The van der Waals surface area contributed by atoms with Gasteiger partial charge >= 0.3 is 0 Å². The Morgan fingerprint density at radius 3 is 2.92 bits per heavy atom. The highest BCUT2D eigenvalue weighted by Gasteiger charge is 2.29. The molecule has 2 nitrogen and oxygen atoms in total. The van der Waals surface area contributed by atoms with Gasteiger partial charge in [0.2, 0.25) is 0 Å². The summed E-state index contributed by atoms with van der Waals surface area (Å²) in [6, 6.07) is 8.39. The molecule has 1 aromatic carbocycles. The van der Waals surface area contributed by atoms with Gasteiger partial charge in [-0.05, 0) is 18.1 Å². The van der Waals surface area contributed by atoms with Crippen molar-refractivity contribution in [2.24, 2.45) is 5.73 Å². The zero-order valence-corrected chi connectivity index (χ0v) is 7.86. The Bertz CT molecular complexity index is 298. The maximum Gasteiger partial charge on any atom is 0.0807 e. The van der Waals surface area contributed by atoms with Crippen LogP contribution >= 0.6 is 0 Å². The highest BCUT2D eigenvalue weighted by Crippen LogP contribution is 2.30. The minimum Gasteiger partial charge on any atom is -0.376 e. The summed E-state index contributed by atoms with van der Waals surface area (Å²) < 4.78 is 5.57. The predicted octanol–water partition coefficient (Wildman–Crippen LogP) is 1.65. The number of fused-ring (bicyclic) bond motifs is 1. The van der Waals surface area contributed by atoms with E-state index in [1.54, 1.807) is 0 Å². The molecule has 2 rings (SSSR count). The molecular weight excluding hydrogens is 162 g/mol. The zero-order valence-electron chi connectivity index (χ0n) is 7.86. The van der Waals surface area contributed by atoms with E-state index >= 15 is 0 Å². The van der Waals surface area contributed by atoms with Crippen LogP contribution in [0, 0.1) is 0 Å². The van der Waals surface area contributed by atoms with Crippen molar-refractivity contribution in [3.05, 3.63) is 35.4 Å². The average molecular weight is 177 g/mol. The molecule has 0 saturated carbocycles. The van der Waals surface area contributed by atoms with Crippen LogP contribution in [0.1, 0.15) is 24.1 Å². The maximum atomic E-state index is 6.05. The molecule has 0 saturated heterocycles. The van der Waals surface area contributed by atoms with Crippen LogP contribution in [0.25, 0.3) is 0 Å². The first-order chi connectivity index (χ1) is 6.33. The third-order valence-electron chi connectivity index (χ3n) is 2.62. The van der Waals surface area contributed by atoms with Crippen LogP contribution in [0.3, 0.4) is 0 Å². The van der Waals surface area contributed by atoms with Gasteiger partial charge in [0.1, 0.15) is 0 Å². The molecule has 0 heterocycles. The lowest BCUT2D eigenvalue weighted by Crippen LogP contribution is -2.24. The summed E-state index contributed by atoms with van der Waals surface area (Å²) in [5, 5.41) is 0. The summed E-state index contributed by atoms with van der Waals surface area (Å²) in [6.07, 6.45) is 1.15. The van der Waals surface area contributed by atoms with Gasteiger partial charge in [0.05, 0.1) is 12.1 Å². The van der Waals surface area contributed by atoms with Crippen LogP contribution in [0.5, 0.6) is 0 Å². The first kappa shape index (κ1) is 8.73. The Kier molecular flexibility index (Phi) is 2.34. The van der Waals surface area contributed by atoms with Crippen LogP contribution in [0.15, 0.2) is 24.3 Å². The molecule has 70 valence electrons. The van der Waals surface area contributed by atoms with E-state index in [2.05, 4.69) is 18.2 Å². The topological polar surface area (TPSA) is 35.2 Å². The minimum absolute atomic E-state index is 0.0659. The highest BCUT2D eigenvalue weighted by molar-refractivity contribution is 5.36. The van der Waals surface area contributed by atoms with Gasteiger partial charge in [-0.1, -0.05) is 24.3 Å². The van der Waals surface area contributed by atoms with E-state index in [-0.39, 0.29) is 12.1 Å². The van der Waals surface area contributed by atoms with E-state index in [4.69, 9.17) is 10.5 Å². The second-order valence-corrected chi connectivity index (χ2v) is 3.42. The first-order valence-electron chi connectivity index (χ1n) is 4.78. The summed E-state index contributed by atoms with van der Waals surface area (Å²) >= 11 is 0. The van der Waals surface area contributed by atoms with Gasteiger partial charge in [-0.25, -0.2) is 0 Å². The number of nitrogens with two attached hydrogens (primary N) is 1. The maximum absolute atomic E-state index is 6.05. The summed E-state index contributed by atoms with van der Waals surface area (Å²) in [4.78, 5) is 0. The van der Waals surface area contributed by atoms with Crippen LogP contribution in [-0.2, 0) is 11.2 Å². The number of ether oxygens (including phenoxy) is 1. The standard InChI is InChI=1S/C11H15NO/c1-2-13-10-7-8-5-3-4-6-9(8)11(10)12/h3-6,10-11H,2,7,12H2,1H3/t10-,11-/m0/s1. The van der Waals surface area contributed by atoms with E-state index in [0.717, 1.165) is 13.0 Å². The molecule has 0 fully saturated rings. The average Bonchev–Trinajstić information content (AvgIpc) is 2.46. The Balaban J connectivity index is 2.22. The molecule has 0 amide bonds. The molecule has 0 aliphatic heterocycles. The second kappa shape index (κ2) is 3.48. The second-order valence-electron chi connectivity index (χ2n) is 3.42. The van der Waals surface area contributed by atoms with Crippen molar-refractivity contribution in [1.29, 1.82) is 0 Å². The van der Waals surface area contributed by atoms with E-state index in [1.807, 2.05) is 13.0 Å². The molecule has 0 aromatic heterocycles. The van der Waals surface area contributed by atoms with E-state index in [0.29, 0.717) is 0 Å².